The number of aromatic nitrogens is 2. The minimum absolute atomic E-state index is 0.167. The number of imidazole rings is 1. The van der Waals surface area contributed by atoms with E-state index in [0.29, 0.717) is 5.92 Å². The van der Waals surface area contributed by atoms with Gasteiger partial charge in [-0.15, -0.1) is 11.3 Å². The normalized spacial score (nSPS) is 14.6. The Morgan fingerprint density at radius 2 is 1.92 bits per heavy atom. The van der Waals surface area contributed by atoms with E-state index in [0.717, 1.165) is 41.6 Å². The van der Waals surface area contributed by atoms with Gasteiger partial charge in [0.1, 0.15) is 5.82 Å². The van der Waals surface area contributed by atoms with E-state index >= 15 is 0 Å². The number of carbonyl (C=O) groups excluding carboxylic acids is 1. The fraction of sp³-hybridized carbons (Fsp3) is 0.300. The molecule has 1 amide bonds. The molecule has 1 fully saturated rings. The first-order valence-electron chi connectivity index (χ1n) is 8.55. The van der Waals surface area contributed by atoms with Crippen LogP contribution in [0.15, 0.2) is 48.7 Å². The van der Waals surface area contributed by atoms with Crippen LogP contribution in [0.2, 0.25) is 0 Å². The van der Waals surface area contributed by atoms with E-state index in [1.165, 1.54) is 4.88 Å². The summed E-state index contributed by atoms with van der Waals surface area (Å²) in [6, 6.07) is 14.2. The Balaban J connectivity index is 1.43. The number of nitrogens with zero attached hydrogens (tertiary/aromatic N) is 3. The van der Waals surface area contributed by atoms with E-state index in [1.807, 2.05) is 48.4 Å². The molecule has 128 valence electrons. The van der Waals surface area contributed by atoms with Gasteiger partial charge in [-0.25, -0.2) is 4.98 Å². The maximum Gasteiger partial charge on any atom is 0.263 e. The molecular formula is C20H21N3OS. The second-order valence-electron chi connectivity index (χ2n) is 6.69. The average Bonchev–Trinajstić information content (AvgIpc) is 3.17. The minimum atomic E-state index is 0.167. The van der Waals surface area contributed by atoms with Crippen LogP contribution in [0.5, 0.6) is 0 Å². The maximum absolute atomic E-state index is 12.5. The molecule has 2 aromatic heterocycles. The molecule has 1 aromatic carbocycles. The van der Waals surface area contributed by atoms with Crippen molar-refractivity contribution in [2.45, 2.75) is 20.4 Å². The Morgan fingerprint density at radius 1 is 1.16 bits per heavy atom. The maximum atomic E-state index is 12.5. The van der Waals surface area contributed by atoms with E-state index in [-0.39, 0.29) is 5.91 Å². The first-order chi connectivity index (χ1) is 12.1. The molecule has 0 aliphatic carbocycles. The first kappa shape index (κ1) is 16.1. The van der Waals surface area contributed by atoms with Gasteiger partial charge in [-0.1, -0.05) is 30.3 Å². The second-order valence-corrected chi connectivity index (χ2v) is 7.97. The van der Waals surface area contributed by atoms with Crippen LogP contribution in [0.3, 0.4) is 0 Å². The third-order valence-electron chi connectivity index (χ3n) is 4.72. The molecule has 1 aliphatic rings. The Labute approximate surface area is 151 Å². The lowest BCUT2D eigenvalue weighted by atomic mass is 9.99. The third-order valence-corrected chi connectivity index (χ3v) is 5.71. The molecule has 0 radical (unpaired) electrons. The van der Waals surface area contributed by atoms with Crippen LogP contribution in [-0.4, -0.2) is 33.4 Å². The van der Waals surface area contributed by atoms with E-state index in [2.05, 4.69) is 28.6 Å². The van der Waals surface area contributed by atoms with Gasteiger partial charge in [0.05, 0.1) is 4.88 Å². The standard InChI is InChI=1S/C20H21N3OS/c1-14-10-21-19(17-6-4-3-5-7-17)23(14)13-16-11-22(12-16)20(24)18-9-8-15(2)25-18/h3-10,16H,11-13H2,1-2H3. The molecule has 25 heavy (non-hydrogen) atoms. The van der Waals surface area contributed by atoms with Crippen LogP contribution in [-0.2, 0) is 6.54 Å². The van der Waals surface area contributed by atoms with Crippen molar-refractivity contribution in [2.24, 2.45) is 5.92 Å². The van der Waals surface area contributed by atoms with Crippen LogP contribution in [0.1, 0.15) is 20.2 Å². The van der Waals surface area contributed by atoms with E-state index < -0.39 is 0 Å². The summed E-state index contributed by atoms with van der Waals surface area (Å²) in [6.07, 6.45) is 1.93. The number of carbonyl (C=O) groups is 1. The molecule has 3 heterocycles. The monoisotopic (exact) mass is 351 g/mol. The van der Waals surface area contributed by atoms with Gasteiger partial charge in [0, 0.05) is 47.9 Å². The molecule has 0 saturated carbocycles. The summed E-state index contributed by atoms with van der Waals surface area (Å²) >= 11 is 1.58. The number of benzene rings is 1. The predicted octanol–water partition coefficient (Wildman–Crippen LogP) is 4.00. The molecule has 0 atom stereocenters. The van der Waals surface area contributed by atoms with Gasteiger partial charge in [0.25, 0.3) is 5.91 Å². The van der Waals surface area contributed by atoms with Crippen LogP contribution in [0, 0.1) is 19.8 Å². The second kappa shape index (κ2) is 6.48. The van der Waals surface area contributed by atoms with Gasteiger partial charge in [0.15, 0.2) is 0 Å². The third kappa shape index (κ3) is 3.12. The van der Waals surface area contributed by atoms with Crippen molar-refractivity contribution in [3.8, 4) is 11.4 Å². The topological polar surface area (TPSA) is 38.1 Å². The quantitative estimate of drug-likeness (QED) is 0.712. The van der Waals surface area contributed by atoms with Crippen molar-refractivity contribution < 1.29 is 4.79 Å². The van der Waals surface area contributed by atoms with Crippen LogP contribution in [0.25, 0.3) is 11.4 Å². The van der Waals surface area contributed by atoms with Gasteiger partial charge >= 0.3 is 0 Å². The Kier molecular flexibility index (Phi) is 4.17. The summed E-state index contributed by atoms with van der Waals surface area (Å²) < 4.78 is 2.27. The highest BCUT2D eigenvalue weighted by Gasteiger charge is 2.32. The fourth-order valence-electron chi connectivity index (χ4n) is 3.32. The fourth-order valence-corrected chi connectivity index (χ4v) is 4.16. The molecule has 0 bridgehead atoms. The molecule has 1 saturated heterocycles. The van der Waals surface area contributed by atoms with Crippen molar-refractivity contribution in [3.05, 3.63) is 64.1 Å². The van der Waals surface area contributed by atoms with Crippen molar-refractivity contribution >= 4 is 17.2 Å². The van der Waals surface area contributed by atoms with Crippen LogP contribution < -0.4 is 0 Å². The Hall–Kier alpha value is -2.40. The summed E-state index contributed by atoms with van der Waals surface area (Å²) in [4.78, 5) is 21.0. The van der Waals surface area contributed by atoms with Crippen molar-refractivity contribution in [1.29, 1.82) is 0 Å². The van der Waals surface area contributed by atoms with Gasteiger partial charge in [0.2, 0.25) is 0 Å². The first-order valence-corrected chi connectivity index (χ1v) is 9.36. The summed E-state index contributed by atoms with van der Waals surface area (Å²) in [5, 5.41) is 0. The number of aryl methyl sites for hydroxylation is 2. The van der Waals surface area contributed by atoms with Gasteiger partial charge in [-0.2, -0.15) is 0 Å². The zero-order valence-corrected chi connectivity index (χ0v) is 15.3. The summed E-state index contributed by atoms with van der Waals surface area (Å²) in [7, 11) is 0. The molecule has 5 heteroatoms. The van der Waals surface area contributed by atoms with Crippen molar-refractivity contribution in [2.75, 3.05) is 13.1 Å². The lowest BCUT2D eigenvalue weighted by Crippen LogP contribution is -2.51. The molecule has 3 aromatic rings. The van der Waals surface area contributed by atoms with Crippen molar-refractivity contribution in [1.82, 2.24) is 14.5 Å². The molecule has 0 N–H and O–H groups in total. The highest BCUT2D eigenvalue weighted by atomic mass is 32.1. The molecule has 0 spiro atoms. The summed E-state index contributed by atoms with van der Waals surface area (Å²) in [5.41, 5.74) is 2.30. The lowest BCUT2D eigenvalue weighted by Gasteiger charge is -2.39. The highest BCUT2D eigenvalue weighted by molar-refractivity contribution is 7.13. The minimum Gasteiger partial charge on any atom is -0.337 e. The molecule has 0 unspecified atom stereocenters. The number of amides is 1. The summed E-state index contributed by atoms with van der Waals surface area (Å²) in [5.74, 6) is 1.66. The molecule has 1 aliphatic heterocycles. The number of likely N-dealkylation sites (tertiary alicyclic amines) is 1. The zero-order valence-electron chi connectivity index (χ0n) is 14.5. The van der Waals surface area contributed by atoms with E-state index in [4.69, 9.17) is 0 Å². The smallest absolute Gasteiger partial charge is 0.263 e. The number of hydrogen-bond acceptors (Lipinski definition) is 3. The molecule has 4 nitrogen and oxygen atoms in total. The van der Waals surface area contributed by atoms with Gasteiger partial charge < -0.3 is 9.47 Å². The largest absolute Gasteiger partial charge is 0.337 e. The zero-order chi connectivity index (χ0) is 17.4. The Morgan fingerprint density at radius 3 is 2.60 bits per heavy atom. The SMILES string of the molecule is Cc1ccc(C(=O)N2CC(Cn3c(C)cnc3-c3ccccc3)C2)s1. The van der Waals surface area contributed by atoms with Crippen LogP contribution >= 0.6 is 11.3 Å². The number of rotatable bonds is 4. The number of thiophene rings is 1. The number of hydrogen-bond donors (Lipinski definition) is 0. The highest BCUT2D eigenvalue weighted by Crippen LogP contribution is 2.26. The predicted molar refractivity (Wildman–Crippen MR) is 101 cm³/mol. The molecule has 4 rings (SSSR count). The van der Waals surface area contributed by atoms with E-state index in [9.17, 15) is 4.79 Å². The van der Waals surface area contributed by atoms with Crippen molar-refractivity contribution in [3.63, 3.8) is 0 Å². The molecular weight excluding hydrogens is 330 g/mol. The van der Waals surface area contributed by atoms with E-state index in [1.54, 1.807) is 11.3 Å². The van der Waals surface area contributed by atoms with Gasteiger partial charge in [-0.3, -0.25) is 4.79 Å². The lowest BCUT2D eigenvalue weighted by molar-refractivity contribution is 0.0474. The average molecular weight is 351 g/mol. The summed E-state index contributed by atoms with van der Waals surface area (Å²) in [6.45, 7) is 6.68. The Bertz CT molecular complexity index is 891. The van der Waals surface area contributed by atoms with Gasteiger partial charge in [-0.05, 0) is 26.0 Å². The van der Waals surface area contributed by atoms with Crippen LogP contribution in [0.4, 0.5) is 0 Å².